The van der Waals surface area contributed by atoms with Gasteiger partial charge in [-0.15, -0.1) is 11.3 Å². The van der Waals surface area contributed by atoms with Crippen LogP contribution in [0.1, 0.15) is 36.2 Å². The van der Waals surface area contributed by atoms with E-state index in [1.54, 1.807) is 10.4 Å². The van der Waals surface area contributed by atoms with Crippen LogP contribution in [0.15, 0.2) is 11.4 Å². The summed E-state index contributed by atoms with van der Waals surface area (Å²) >= 11 is 1.92. The molecule has 2 aliphatic rings. The third kappa shape index (κ3) is 3.37. The van der Waals surface area contributed by atoms with Crippen LogP contribution in [0.3, 0.4) is 0 Å². The highest BCUT2D eigenvalue weighted by Gasteiger charge is 2.23. The minimum Gasteiger partial charge on any atom is -0.379 e. The number of thiophene rings is 1. The van der Waals surface area contributed by atoms with E-state index in [4.69, 9.17) is 4.74 Å². The number of aryl methyl sites for hydroxylation is 1. The monoisotopic (exact) mass is 280 g/mol. The molecule has 0 amide bonds. The van der Waals surface area contributed by atoms with Crippen molar-refractivity contribution in [3.8, 4) is 0 Å². The number of morpholine rings is 1. The van der Waals surface area contributed by atoms with E-state index < -0.39 is 0 Å². The first kappa shape index (κ1) is 13.6. The fraction of sp³-hybridized carbons (Fsp3) is 0.733. The number of nitrogens with one attached hydrogen (secondary N) is 1. The number of hydrogen-bond donors (Lipinski definition) is 1. The molecule has 3 rings (SSSR count). The smallest absolute Gasteiger partial charge is 0.0594 e. The fourth-order valence-corrected chi connectivity index (χ4v) is 4.21. The molecular weight excluding hydrogens is 256 g/mol. The van der Waals surface area contributed by atoms with E-state index in [0.29, 0.717) is 12.1 Å². The zero-order valence-electron chi connectivity index (χ0n) is 11.7. The summed E-state index contributed by atoms with van der Waals surface area (Å²) in [5.74, 6) is 0. The van der Waals surface area contributed by atoms with E-state index in [-0.39, 0.29) is 0 Å². The summed E-state index contributed by atoms with van der Waals surface area (Å²) in [6.07, 6.45) is 3.90. The van der Waals surface area contributed by atoms with Crippen LogP contribution >= 0.6 is 11.3 Å². The van der Waals surface area contributed by atoms with E-state index >= 15 is 0 Å². The molecule has 2 unspecified atom stereocenters. The van der Waals surface area contributed by atoms with Gasteiger partial charge in [-0.05, 0) is 43.2 Å². The predicted molar refractivity (Wildman–Crippen MR) is 79.9 cm³/mol. The Hall–Kier alpha value is -0.420. The minimum absolute atomic E-state index is 0.550. The summed E-state index contributed by atoms with van der Waals surface area (Å²) in [5, 5.41) is 6.08. The van der Waals surface area contributed by atoms with Gasteiger partial charge in [-0.25, -0.2) is 0 Å². The lowest BCUT2D eigenvalue weighted by Crippen LogP contribution is -2.45. The van der Waals surface area contributed by atoms with Crippen molar-refractivity contribution in [2.45, 2.75) is 38.3 Å². The average molecular weight is 280 g/mol. The largest absolute Gasteiger partial charge is 0.379 e. The van der Waals surface area contributed by atoms with Gasteiger partial charge in [-0.2, -0.15) is 0 Å². The predicted octanol–water partition coefficient (Wildman–Crippen LogP) is 2.44. The van der Waals surface area contributed by atoms with Crippen LogP contribution < -0.4 is 5.32 Å². The van der Waals surface area contributed by atoms with Gasteiger partial charge in [0.2, 0.25) is 0 Å². The first-order valence-electron chi connectivity index (χ1n) is 7.45. The lowest BCUT2D eigenvalue weighted by Gasteiger charge is -2.32. The van der Waals surface area contributed by atoms with Crippen LogP contribution in [-0.2, 0) is 11.2 Å². The van der Waals surface area contributed by atoms with Crippen LogP contribution in [0, 0.1) is 0 Å². The second kappa shape index (κ2) is 6.35. The second-order valence-corrected chi connectivity index (χ2v) is 6.73. The van der Waals surface area contributed by atoms with E-state index in [9.17, 15) is 0 Å². The van der Waals surface area contributed by atoms with Gasteiger partial charge in [0.15, 0.2) is 0 Å². The standard InChI is InChI=1S/C15H24N2OS/c1-12(11-17-6-8-18-9-7-17)16-14-3-2-4-15-13(14)5-10-19-15/h5,10,12,14,16H,2-4,6-9,11H2,1H3. The maximum absolute atomic E-state index is 5.41. The molecule has 3 nitrogen and oxygen atoms in total. The topological polar surface area (TPSA) is 24.5 Å². The molecule has 1 N–H and O–H groups in total. The Labute approximate surface area is 119 Å². The Bertz CT molecular complexity index is 401. The molecule has 2 atom stereocenters. The lowest BCUT2D eigenvalue weighted by atomic mass is 9.93. The van der Waals surface area contributed by atoms with E-state index in [0.717, 1.165) is 32.8 Å². The van der Waals surface area contributed by atoms with Crippen molar-refractivity contribution in [3.63, 3.8) is 0 Å². The third-order valence-corrected chi connectivity index (χ3v) is 5.17. The quantitative estimate of drug-likeness (QED) is 0.917. The Morgan fingerprint density at radius 3 is 3.16 bits per heavy atom. The van der Waals surface area contributed by atoms with Crippen LogP contribution in [0.4, 0.5) is 0 Å². The summed E-state index contributed by atoms with van der Waals surface area (Å²) in [5.41, 5.74) is 1.56. The van der Waals surface area contributed by atoms with Gasteiger partial charge in [0.1, 0.15) is 0 Å². The summed E-state index contributed by atoms with van der Waals surface area (Å²) in [4.78, 5) is 4.11. The molecular formula is C15H24N2OS. The van der Waals surface area contributed by atoms with Crippen molar-refractivity contribution in [1.29, 1.82) is 0 Å². The Morgan fingerprint density at radius 1 is 1.47 bits per heavy atom. The molecule has 1 aromatic rings. The van der Waals surface area contributed by atoms with Crippen LogP contribution in [0.2, 0.25) is 0 Å². The number of rotatable bonds is 4. The Balaban J connectivity index is 1.54. The first-order chi connectivity index (χ1) is 9.33. The van der Waals surface area contributed by atoms with Gasteiger partial charge in [-0.3, -0.25) is 4.90 Å². The highest BCUT2D eigenvalue weighted by Crippen LogP contribution is 2.33. The summed E-state index contributed by atoms with van der Waals surface area (Å²) < 4.78 is 5.41. The van der Waals surface area contributed by atoms with Crippen LogP contribution in [0.25, 0.3) is 0 Å². The molecule has 2 heterocycles. The van der Waals surface area contributed by atoms with Gasteiger partial charge >= 0.3 is 0 Å². The molecule has 1 aromatic heterocycles. The van der Waals surface area contributed by atoms with Crippen molar-refractivity contribution in [2.24, 2.45) is 0 Å². The molecule has 0 spiro atoms. The molecule has 0 aromatic carbocycles. The molecule has 106 valence electrons. The van der Waals surface area contributed by atoms with Crippen molar-refractivity contribution in [2.75, 3.05) is 32.8 Å². The van der Waals surface area contributed by atoms with Crippen molar-refractivity contribution >= 4 is 11.3 Å². The molecule has 1 aliphatic heterocycles. The van der Waals surface area contributed by atoms with Gasteiger partial charge < -0.3 is 10.1 Å². The van der Waals surface area contributed by atoms with Crippen molar-refractivity contribution < 1.29 is 4.74 Å². The molecule has 1 aliphatic carbocycles. The second-order valence-electron chi connectivity index (χ2n) is 5.72. The van der Waals surface area contributed by atoms with Gasteiger partial charge in [0, 0.05) is 36.6 Å². The molecule has 0 saturated carbocycles. The lowest BCUT2D eigenvalue weighted by molar-refractivity contribution is 0.0337. The van der Waals surface area contributed by atoms with Crippen molar-refractivity contribution in [1.82, 2.24) is 10.2 Å². The molecule has 1 saturated heterocycles. The first-order valence-corrected chi connectivity index (χ1v) is 8.33. The van der Waals surface area contributed by atoms with Gasteiger partial charge in [-0.1, -0.05) is 0 Å². The Morgan fingerprint density at radius 2 is 2.32 bits per heavy atom. The fourth-order valence-electron chi connectivity index (χ4n) is 3.23. The molecule has 0 bridgehead atoms. The van der Waals surface area contributed by atoms with E-state index in [1.165, 1.54) is 19.3 Å². The normalized spacial score (nSPS) is 26.1. The SMILES string of the molecule is CC(CN1CCOCC1)NC1CCCc2sccc21. The minimum atomic E-state index is 0.550. The summed E-state index contributed by atoms with van der Waals surface area (Å²) in [7, 11) is 0. The summed E-state index contributed by atoms with van der Waals surface area (Å²) in [6, 6.07) is 3.44. The third-order valence-electron chi connectivity index (χ3n) is 4.17. The van der Waals surface area contributed by atoms with Crippen LogP contribution in [0.5, 0.6) is 0 Å². The number of hydrogen-bond acceptors (Lipinski definition) is 4. The number of fused-ring (bicyclic) bond motifs is 1. The number of nitrogens with zero attached hydrogens (tertiary/aromatic N) is 1. The van der Waals surface area contributed by atoms with Gasteiger partial charge in [0.05, 0.1) is 13.2 Å². The van der Waals surface area contributed by atoms with Crippen molar-refractivity contribution in [3.05, 3.63) is 21.9 Å². The van der Waals surface area contributed by atoms with Crippen LogP contribution in [-0.4, -0.2) is 43.8 Å². The molecule has 19 heavy (non-hydrogen) atoms. The maximum Gasteiger partial charge on any atom is 0.0594 e. The highest BCUT2D eigenvalue weighted by molar-refractivity contribution is 7.10. The zero-order chi connectivity index (χ0) is 13.1. The average Bonchev–Trinajstić information content (AvgIpc) is 2.89. The Kier molecular flexibility index (Phi) is 4.53. The number of ether oxygens (including phenoxy) is 1. The molecule has 0 radical (unpaired) electrons. The van der Waals surface area contributed by atoms with E-state index in [2.05, 4.69) is 28.6 Å². The molecule has 1 fully saturated rings. The zero-order valence-corrected chi connectivity index (χ0v) is 12.5. The van der Waals surface area contributed by atoms with Gasteiger partial charge in [0.25, 0.3) is 0 Å². The summed E-state index contributed by atoms with van der Waals surface area (Å²) in [6.45, 7) is 7.41. The highest BCUT2D eigenvalue weighted by atomic mass is 32.1. The van der Waals surface area contributed by atoms with E-state index in [1.807, 2.05) is 11.3 Å². The molecule has 4 heteroatoms. The maximum atomic E-state index is 5.41.